The molecule has 1 aromatic carbocycles. The Morgan fingerprint density at radius 2 is 2.24 bits per heavy atom. The van der Waals surface area contributed by atoms with Crippen LogP contribution in [0.5, 0.6) is 0 Å². The second-order valence-electron chi connectivity index (χ2n) is 4.00. The van der Waals surface area contributed by atoms with Crippen molar-refractivity contribution in [2.24, 2.45) is 5.16 Å². The molecule has 4 heteroatoms. The van der Waals surface area contributed by atoms with Gasteiger partial charge in [-0.3, -0.25) is 0 Å². The molecule has 0 aromatic heterocycles. The van der Waals surface area contributed by atoms with Crippen molar-refractivity contribution in [3.05, 3.63) is 29.8 Å². The molecule has 17 heavy (non-hydrogen) atoms. The highest BCUT2D eigenvalue weighted by molar-refractivity contribution is 7.99. The van der Waals surface area contributed by atoms with Gasteiger partial charge in [-0.15, -0.1) is 0 Å². The summed E-state index contributed by atoms with van der Waals surface area (Å²) in [5, 5.41) is 12.4. The molecule has 0 saturated carbocycles. The smallest absolute Gasteiger partial charge is 0.0906 e. The lowest BCUT2D eigenvalue weighted by molar-refractivity contribution is 0.318. The number of nitrogens with zero attached hydrogens (tertiary/aromatic N) is 2. The first kappa shape index (κ1) is 12.3. The van der Waals surface area contributed by atoms with E-state index in [0.717, 1.165) is 36.5 Å². The number of thioether (sulfide) groups is 1. The topological polar surface area (TPSA) is 35.8 Å². The fraction of sp³-hybridized carbons (Fsp3) is 0.462. The summed E-state index contributed by atoms with van der Waals surface area (Å²) in [5.74, 6) is 2.31. The molecule has 3 nitrogen and oxygen atoms in total. The van der Waals surface area contributed by atoms with Gasteiger partial charge in [0.1, 0.15) is 0 Å². The highest BCUT2D eigenvalue weighted by Gasteiger charge is 2.20. The van der Waals surface area contributed by atoms with Crippen LogP contribution in [0, 0.1) is 0 Å². The van der Waals surface area contributed by atoms with E-state index < -0.39 is 0 Å². The summed E-state index contributed by atoms with van der Waals surface area (Å²) < 4.78 is 0. The van der Waals surface area contributed by atoms with Crippen LogP contribution in [-0.4, -0.2) is 35.5 Å². The molecular formula is C13H18N2OS. The minimum atomic E-state index is 0.806. The lowest BCUT2D eigenvalue weighted by Gasteiger charge is -2.31. The van der Waals surface area contributed by atoms with E-state index in [1.54, 1.807) is 0 Å². The number of hydrogen-bond donors (Lipinski definition) is 1. The molecule has 0 atom stereocenters. The minimum absolute atomic E-state index is 0.806. The molecule has 1 aromatic rings. The fourth-order valence-electron chi connectivity index (χ4n) is 2.14. The average molecular weight is 250 g/mol. The van der Waals surface area contributed by atoms with E-state index in [0.29, 0.717) is 0 Å². The molecule has 0 spiro atoms. The number of hydrogen-bond acceptors (Lipinski definition) is 4. The average Bonchev–Trinajstić information content (AvgIpc) is 2.39. The molecule has 0 amide bonds. The molecule has 0 unspecified atom stereocenters. The Kier molecular flexibility index (Phi) is 4.31. The van der Waals surface area contributed by atoms with Gasteiger partial charge in [-0.25, -0.2) is 0 Å². The van der Waals surface area contributed by atoms with Gasteiger partial charge in [-0.05, 0) is 11.8 Å². The van der Waals surface area contributed by atoms with Gasteiger partial charge < -0.3 is 10.1 Å². The summed E-state index contributed by atoms with van der Waals surface area (Å²) in [6, 6.07) is 8.17. The fourth-order valence-corrected chi connectivity index (χ4v) is 2.78. The van der Waals surface area contributed by atoms with Gasteiger partial charge in [0.15, 0.2) is 0 Å². The standard InChI is InChI=1S/C13H18N2OS/c1-2-17-10-9-15-8-7-12(14-16)11-5-3-4-6-13(11)15/h3-6,16H,2,7-10H2,1H3/b14-12-. The first-order valence-corrected chi connectivity index (χ1v) is 7.15. The zero-order valence-electron chi connectivity index (χ0n) is 10.1. The molecule has 1 aliphatic rings. The molecule has 1 aliphatic heterocycles. The van der Waals surface area contributed by atoms with Crippen LogP contribution in [0.3, 0.4) is 0 Å². The Balaban J connectivity index is 2.16. The van der Waals surface area contributed by atoms with Crippen LogP contribution >= 0.6 is 11.8 Å². The second-order valence-corrected chi connectivity index (χ2v) is 5.39. The largest absolute Gasteiger partial charge is 0.411 e. The third-order valence-corrected chi connectivity index (χ3v) is 3.88. The van der Waals surface area contributed by atoms with Crippen LogP contribution in [-0.2, 0) is 0 Å². The number of oxime groups is 1. The molecule has 0 saturated heterocycles. The maximum Gasteiger partial charge on any atom is 0.0906 e. The Bertz CT molecular complexity index is 406. The quantitative estimate of drug-likeness (QED) is 0.507. The monoisotopic (exact) mass is 250 g/mol. The third-order valence-electron chi connectivity index (χ3n) is 3.00. The predicted molar refractivity (Wildman–Crippen MR) is 74.6 cm³/mol. The lowest BCUT2D eigenvalue weighted by atomic mass is 10.00. The first-order chi connectivity index (χ1) is 8.36. The lowest BCUT2D eigenvalue weighted by Crippen LogP contribution is -2.34. The van der Waals surface area contributed by atoms with E-state index in [1.165, 1.54) is 11.4 Å². The van der Waals surface area contributed by atoms with Crippen LogP contribution in [0.25, 0.3) is 0 Å². The van der Waals surface area contributed by atoms with E-state index in [4.69, 9.17) is 5.21 Å². The number of rotatable bonds is 4. The minimum Gasteiger partial charge on any atom is -0.411 e. The first-order valence-electron chi connectivity index (χ1n) is 6.00. The van der Waals surface area contributed by atoms with Crippen molar-refractivity contribution in [1.29, 1.82) is 0 Å². The maximum atomic E-state index is 9.00. The van der Waals surface area contributed by atoms with Crippen molar-refractivity contribution in [1.82, 2.24) is 0 Å². The van der Waals surface area contributed by atoms with E-state index >= 15 is 0 Å². The molecule has 0 fully saturated rings. The summed E-state index contributed by atoms with van der Waals surface area (Å²) >= 11 is 1.96. The highest BCUT2D eigenvalue weighted by atomic mass is 32.2. The summed E-state index contributed by atoms with van der Waals surface area (Å²) in [7, 11) is 0. The highest BCUT2D eigenvalue weighted by Crippen LogP contribution is 2.27. The van der Waals surface area contributed by atoms with Crippen LogP contribution in [0.4, 0.5) is 5.69 Å². The molecule has 0 radical (unpaired) electrons. The molecular weight excluding hydrogens is 232 g/mol. The molecule has 2 rings (SSSR count). The number of fused-ring (bicyclic) bond motifs is 1. The van der Waals surface area contributed by atoms with Crippen molar-refractivity contribution in [2.75, 3.05) is 29.5 Å². The van der Waals surface area contributed by atoms with Crippen molar-refractivity contribution in [3.8, 4) is 0 Å². The molecule has 92 valence electrons. The molecule has 1 heterocycles. The normalized spacial score (nSPS) is 17.2. The van der Waals surface area contributed by atoms with E-state index in [-0.39, 0.29) is 0 Å². The number of anilines is 1. The summed E-state index contributed by atoms with van der Waals surface area (Å²) in [6.07, 6.45) is 0.824. The van der Waals surface area contributed by atoms with Crippen molar-refractivity contribution < 1.29 is 5.21 Å². The third kappa shape index (κ3) is 2.75. The SMILES string of the molecule is CCSCCN1CC/C(=N/O)c2ccccc21. The van der Waals surface area contributed by atoms with Crippen molar-refractivity contribution in [3.63, 3.8) is 0 Å². The maximum absolute atomic E-state index is 9.00. The summed E-state index contributed by atoms with van der Waals surface area (Å²) in [4.78, 5) is 2.38. The molecule has 0 bridgehead atoms. The van der Waals surface area contributed by atoms with Gasteiger partial charge in [0.25, 0.3) is 0 Å². The molecule has 1 N–H and O–H groups in total. The van der Waals surface area contributed by atoms with E-state index in [1.807, 2.05) is 30.0 Å². The van der Waals surface area contributed by atoms with Gasteiger partial charge in [-0.2, -0.15) is 11.8 Å². The van der Waals surface area contributed by atoms with E-state index in [2.05, 4.69) is 23.0 Å². The number of benzene rings is 1. The Morgan fingerprint density at radius 1 is 1.41 bits per heavy atom. The van der Waals surface area contributed by atoms with Gasteiger partial charge in [0, 0.05) is 36.5 Å². The van der Waals surface area contributed by atoms with Gasteiger partial charge in [-0.1, -0.05) is 30.3 Å². The Morgan fingerprint density at radius 3 is 3.00 bits per heavy atom. The van der Waals surface area contributed by atoms with Gasteiger partial charge in [0.05, 0.1) is 5.71 Å². The van der Waals surface area contributed by atoms with Crippen LogP contribution in [0.15, 0.2) is 29.4 Å². The summed E-state index contributed by atoms with van der Waals surface area (Å²) in [5.41, 5.74) is 3.07. The van der Waals surface area contributed by atoms with Crippen LogP contribution in [0.2, 0.25) is 0 Å². The van der Waals surface area contributed by atoms with Crippen LogP contribution < -0.4 is 4.90 Å². The van der Waals surface area contributed by atoms with Gasteiger partial charge >= 0.3 is 0 Å². The number of para-hydroxylation sites is 1. The van der Waals surface area contributed by atoms with Crippen molar-refractivity contribution >= 4 is 23.2 Å². The predicted octanol–water partition coefficient (Wildman–Crippen LogP) is 2.83. The zero-order chi connectivity index (χ0) is 12.1. The van der Waals surface area contributed by atoms with Crippen molar-refractivity contribution in [2.45, 2.75) is 13.3 Å². The van der Waals surface area contributed by atoms with Gasteiger partial charge in [0.2, 0.25) is 0 Å². The van der Waals surface area contributed by atoms with Crippen LogP contribution in [0.1, 0.15) is 18.9 Å². The Hall–Kier alpha value is -1.16. The molecule has 0 aliphatic carbocycles. The zero-order valence-corrected chi connectivity index (χ0v) is 10.9. The second kappa shape index (κ2) is 5.96. The summed E-state index contributed by atoms with van der Waals surface area (Å²) in [6.45, 7) is 4.19. The van der Waals surface area contributed by atoms with E-state index in [9.17, 15) is 0 Å². The Labute approximate surface area is 107 Å².